The Balaban J connectivity index is 3.88. The molecule has 13 heavy (non-hydrogen) atoms. The lowest BCUT2D eigenvalue weighted by Gasteiger charge is -2.15. The monoisotopic (exact) mass is 199 g/mol. The van der Waals surface area contributed by atoms with Crippen molar-refractivity contribution < 1.29 is 23.1 Å². The number of aliphatic carboxylic acids is 1. The Labute approximate surface area is 73.7 Å². The molecule has 0 aliphatic heterocycles. The maximum absolute atomic E-state index is 11.8. The Morgan fingerprint density at radius 3 is 2.31 bits per heavy atom. The molecule has 0 bridgehead atoms. The average Bonchev–Trinajstić information content (AvgIpc) is 1.81. The molecule has 78 valence electrons. The van der Waals surface area contributed by atoms with Gasteiger partial charge in [-0.15, -0.1) is 0 Å². The van der Waals surface area contributed by atoms with E-state index < -0.39 is 30.5 Å². The van der Waals surface area contributed by atoms with Gasteiger partial charge in [-0.05, 0) is 12.3 Å². The van der Waals surface area contributed by atoms with Gasteiger partial charge in [-0.3, -0.25) is 4.79 Å². The van der Waals surface area contributed by atoms with Gasteiger partial charge < -0.3 is 10.8 Å². The zero-order valence-corrected chi connectivity index (χ0v) is 7.14. The minimum Gasteiger partial charge on any atom is -0.480 e. The number of carbonyl (C=O) groups is 1. The van der Waals surface area contributed by atoms with Gasteiger partial charge in [0.15, 0.2) is 0 Å². The number of nitrogens with two attached hydrogens (primary N) is 1. The molecule has 0 fully saturated rings. The Hall–Kier alpha value is -0.780. The van der Waals surface area contributed by atoms with Crippen LogP contribution in [0, 0.1) is 5.92 Å². The van der Waals surface area contributed by atoms with Crippen LogP contribution in [0.5, 0.6) is 0 Å². The van der Waals surface area contributed by atoms with Crippen molar-refractivity contribution in [3.8, 4) is 0 Å². The minimum atomic E-state index is -4.25. The Morgan fingerprint density at radius 2 is 2.00 bits per heavy atom. The SMILES string of the molecule is CC(C[C@@H](N)C(=O)O)CC(F)(F)F. The van der Waals surface area contributed by atoms with Gasteiger partial charge in [-0.2, -0.15) is 13.2 Å². The molecule has 1 unspecified atom stereocenters. The number of halogens is 3. The first-order valence-electron chi connectivity index (χ1n) is 3.77. The topological polar surface area (TPSA) is 63.3 Å². The van der Waals surface area contributed by atoms with Gasteiger partial charge in [0.25, 0.3) is 0 Å². The highest BCUT2D eigenvalue weighted by Gasteiger charge is 2.31. The fraction of sp³-hybridized carbons (Fsp3) is 0.857. The lowest BCUT2D eigenvalue weighted by atomic mass is 9.99. The summed E-state index contributed by atoms with van der Waals surface area (Å²) >= 11 is 0. The minimum absolute atomic E-state index is 0.158. The number of hydrogen-bond donors (Lipinski definition) is 2. The third kappa shape index (κ3) is 6.39. The quantitative estimate of drug-likeness (QED) is 0.718. The van der Waals surface area contributed by atoms with Crippen LogP contribution in [0.4, 0.5) is 13.2 Å². The smallest absolute Gasteiger partial charge is 0.389 e. The molecule has 0 aliphatic carbocycles. The highest BCUT2D eigenvalue weighted by molar-refractivity contribution is 5.72. The van der Waals surface area contributed by atoms with Crippen molar-refractivity contribution in [3.05, 3.63) is 0 Å². The van der Waals surface area contributed by atoms with E-state index in [0.717, 1.165) is 0 Å². The molecule has 2 atom stereocenters. The van der Waals surface area contributed by atoms with E-state index in [2.05, 4.69) is 0 Å². The van der Waals surface area contributed by atoms with Gasteiger partial charge in [0.1, 0.15) is 6.04 Å². The van der Waals surface area contributed by atoms with Crippen LogP contribution in [0.15, 0.2) is 0 Å². The molecule has 3 nitrogen and oxygen atoms in total. The van der Waals surface area contributed by atoms with E-state index in [-0.39, 0.29) is 6.42 Å². The maximum Gasteiger partial charge on any atom is 0.389 e. The summed E-state index contributed by atoms with van der Waals surface area (Å²) in [6.45, 7) is 1.33. The van der Waals surface area contributed by atoms with Gasteiger partial charge in [0.2, 0.25) is 0 Å². The Kier molecular flexibility index (Phi) is 4.19. The third-order valence-corrected chi connectivity index (χ3v) is 1.55. The fourth-order valence-electron chi connectivity index (χ4n) is 1.01. The standard InChI is InChI=1S/C7H12F3NO2/c1-4(3-7(8,9)10)2-5(11)6(12)13/h4-5H,2-3,11H2,1H3,(H,12,13)/t4?,5-/m1/s1. The fourth-order valence-corrected chi connectivity index (χ4v) is 1.01. The normalized spacial score (nSPS) is 16.7. The van der Waals surface area contributed by atoms with E-state index in [9.17, 15) is 18.0 Å². The number of alkyl halides is 3. The van der Waals surface area contributed by atoms with E-state index in [4.69, 9.17) is 10.8 Å². The molecule has 0 radical (unpaired) electrons. The van der Waals surface area contributed by atoms with Crippen LogP contribution < -0.4 is 5.73 Å². The average molecular weight is 199 g/mol. The first-order valence-corrected chi connectivity index (χ1v) is 3.77. The molecule has 3 N–H and O–H groups in total. The van der Waals surface area contributed by atoms with E-state index in [1.54, 1.807) is 0 Å². The van der Waals surface area contributed by atoms with Gasteiger partial charge >= 0.3 is 12.1 Å². The highest BCUT2D eigenvalue weighted by atomic mass is 19.4. The molecule has 0 aromatic heterocycles. The molecule has 0 aromatic carbocycles. The molecule has 0 saturated heterocycles. The zero-order chi connectivity index (χ0) is 10.6. The lowest BCUT2D eigenvalue weighted by molar-refractivity contribution is -0.147. The molecular formula is C7H12F3NO2. The van der Waals surface area contributed by atoms with E-state index in [1.165, 1.54) is 6.92 Å². The van der Waals surface area contributed by atoms with Crippen LogP contribution in [0.1, 0.15) is 19.8 Å². The van der Waals surface area contributed by atoms with Crippen LogP contribution >= 0.6 is 0 Å². The van der Waals surface area contributed by atoms with Crippen LogP contribution in [-0.4, -0.2) is 23.3 Å². The molecule has 0 rings (SSSR count). The second-order valence-electron chi connectivity index (χ2n) is 3.10. The summed E-state index contributed by atoms with van der Waals surface area (Å²) in [7, 11) is 0. The van der Waals surface area contributed by atoms with Gasteiger partial charge in [-0.25, -0.2) is 0 Å². The molecule has 0 aromatic rings. The summed E-state index contributed by atoms with van der Waals surface area (Å²) in [6, 6.07) is -1.21. The zero-order valence-electron chi connectivity index (χ0n) is 7.14. The lowest BCUT2D eigenvalue weighted by Crippen LogP contribution is -2.32. The number of carboxylic acid groups (broad SMARTS) is 1. The van der Waals surface area contributed by atoms with Crippen molar-refractivity contribution in [3.63, 3.8) is 0 Å². The first-order chi connectivity index (χ1) is 5.72. The molecule has 0 amide bonds. The molecule has 0 spiro atoms. The third-order valence-electron chi connectivity index (χ3n) is 1.55. The molecular weight excluding hydrogens is 187 g/mol. The molecule has 6 heteroatoms. The van der Waals surface area contributed by atoms with Crippen molar-refractivity contribution in [2.75, 3.05) is 0 Å². The van der Waals surface area contributed by atoms with Gasteiger partial charge in [0.05, 0.1) is 0 Å². The Bertz CT molecular complexity index is 181. The van der Waals surface area contributed by atoms with Crippen molar-refractivity contribution in [2.45, 2.75) is 32.0 Å². The Morgan fingerprint density at radius 1 is 1.54 bits per heavy atom. The van der Waals surface area contributed by atoms with Gasteiger partial charge in [-0.1, -0.05) is 6.92 Å². The van der Waals surface area contributed by atoms with E-state index >= 15 is 0 Å². The molecule has 0 aliphatic rings. The van der Waals surface area contributed by atoms with E-state index in [0.29, 0.717) is 0 Å². The second-order valence-corrected chi connectivity index (χ2v) is 3.10. The number of hydrogen-bond acceptors (Lipinski definition) is 2. The maximum atomic E-state index is 11.8. The summed E-state index contributed by atoms with van der Waals surface area (Å²) in [4.78, 5) is 10.2. The predicted molar refractivity (Wildman–Crippen MR) is 40.1 cm³/mol. The largest absolute Gasteiger partial charge is 0.480 e. The summed E-state index contributed by atoms with van der Waals surface area (Å²) in [5.41, 5.74) is 5.07. The molecule has 0 saturated carbocycles. The van der Waals surface area contributed by atoms with Crippen molar-refractivity contribution in [1.29, 1.82) is 0 Å². The summed E-state index contributed by atoms with van der Waals surface area (Å²) in [5.74, 6) is -2.03. The predicted octanol–water partition coefficient (Wildman–Crippen LogP) is 1.38. The number of carboxylic acids is 1. The molecule has 0 heterocycles. The van der Waals surface area contributed by atoms with Crippen molar-refractivity contribution in [1.82, 2.24) is 0 Å². The van der Waals surface area contributed by atoms with Crippen LogP contribution in [0.2, 0.25) is 0 Å². The van der Waals surface area contributed by atoms with E-state index in [1.807, 2.05) is 0 Å². The van der Waals surface area contributed by atoms with Crippen LogP contribution in [0.25, 0.3) is 0 Å². The van der Waals surface area contributed by atoms with Crippen LogP contribution in [0.3, 0.4) is 0 Å². The first kappa shape index (κ1) is 12.2. The summed E-state index contributed by atoms with van der Waals surface area (Å²) in [5, 5.41) is 8.32. The van der Waals surface area contributed by atoms with Crippen molar-refractivity contribution in [2.24, 2.45) is 11.7 Å². The van der Waals surface area contributed by atoms with Crippen LogP contribution in [-0.2, 0) is 4.79 Å². The summed E-state index contributed by atoms with van der Waals surface area (Å²) in [6.07, 6.45) is -5.40. The number of rotatable bonds is 4. The summed E-state index contributed by atoms with van der Waals surface area (Å²) < 4.78 is 35.3. The van der Waals surface area contributed by atoms with Gasteiger partial charge in [0, 0.05) is 6.42 Å². The van der Waals surface area contributed by atoms with Crippen molar-refractivity contribution >= 4 is 5.97 Å². The highest BCUT2D eigenvalue weighted by Crippen LogP contribution is 2.26. The second kappa shape index (κ2) is 4.45.